The highest BCUT2D eigenvalue weighted by molar-refractivity contribution is 4.92. The van der Waals surface area contributed by atoms with E-state index in [1.165, 1.54) is 0 Å². The van der Waals surface area contributed by atoms with Crippen LogP contribution in [0.4, 0.5) is 13.2 Å². The van der Waals surface area contributed by atoms with Gasteiger partial charge < -0.3 is 5.73 Å². The van der Waals surface area contributed by atoms with Crippen LogP contribution in [0.15, 0.2) is 0 Å². The van der Waals surface area contributed by atoms with Crippen molar-refractivity contribution in [2.24, 2.45) is 5.73 Å². The molecule has 0 aliphatic heterocycles. The number of nitrogens with two attached hydrogens (primary N) is 1. The van der Waals surface area contributed by atoms with Gasteiger partial charge in [-0.05, 0) is 25.7 Å². The number of rotatable bonds is 2. The third-order valence-corrected chi connectivity index (χ3v) is 2.26. The predicted molar refractivity (Wildman–Crippen MR) is 36.1 cm³/mol. The van der Waals surface area contributed by atoms with Crippen LogP contribution < -0.4 is 5.73 Å². The summed E-state index contributed by atoms with van der Waals surface area (Å²) in [6.07, 6.45) is -2.19. The van der Waals surface area contributed by atoms with Gasteiger partial charge in [0, 0.05) is 12.0 Å². The largest absolute Gasteiger partial charge is 0.389 e. The quantitative estimate of drug-likeness (QED) is 0.670. The summed E-state index contributed by atoms with van der Waals surface area (Å²) in [5, 5.41) is 0. The van der Waals surface area contributed by atoms with E-state index in [-0.39, 0.29) is 6.42 Å². The van der Waals surface area contributed by atoms with Crippen molar-refractivity contribution < 1.29 is 13.2 Å². The Morgan fingerprint density at radius 3 is 2.09 bits per heavy atom. The summed E-state index contributed by atoms with van der Waals surface area (Å²) in [4.78, 5) is 0. The first-order valence-corrected chi connectivity index (χ1v) is 3.77. The zero-order valence-electron chi connectivity index (χ0n) is 6.25. The number of alkyl halides is 3. The minimum absolute atomic E-state index is 0.0938. The van der Waals surface area contributed by atoms with Gasteiger partial charge in [0.2, 0.25) is 0 Å². The summed E-state index contributed by atoms with van der Waals surface area (Å²) in [6.45, 7) is 0. The summed E-state index contributed by atoms with van der Waals surface area (Å²) in [5.74, 6) is 0. The van der Waals surface area contributed by atoms with Crippen molar-refractivity contribution in [1.82, 2.24) is 0 Å². The molecule has 0 bridgehead atoms. The van der Waals surface area contributed by atoms with E-state index in [1.54, 1.807) is 0 Å². The van der Waals surface area contributed by atoms with E-state index in [1.807, 2.05) is 0 Å². The van der Waals surface area contributed by atoms with Crippen molar-refractivity contribution in [2.45, 2.75) is 43.8 Å². The Balaban J connectivity index is 2.21. The second-order valence-corrected chi connectivity index (χ2v) is 3.33. The summed E-state index contributed by atoms with van der Waals surface area (Å²) < 4.78 is 35.1. The summed E-state index contributed by atoms with van der Waals surface area (Å²) in [5.41, 5.74) is 5.12. The average Bonchev–Trinajstić information content (AvgIpc) is 1.77. The molecule has 0 aromatic heterocycles. The van der Waals surface area contributed by atoms with Gasteiger partial charge in [-0.2, -0.15) is 13.2 Å². The maximum Gasteiger partial charge on any atom is 0.389 e. The molecule has 1 aliphatic carbocycles. The zero-order valence-corrected chi connectivity index (χ0v) is 6.25. The van der Waals surface area contributed by atoms with Gasteiger partial charge in [0.1, 0.15) is 0 Å². The van der Waals surface area contributed by atoms with Gasteiger partial charge in [0.15, 0.2) is 0 Å². The summed E-state index contributed by atoms with van der Waals surface area (Å²) >= 11 is 0. The van der Waals surface area contributed by atoms with Crippen LogP contribution >= 0.6 is 0 Å². The van der Waals surface area contributed by atoms with E-state index in [0.717, 1.165) is 19.3 Å². The Morgan fingerprint density at radius 2 is 1.82 bits per heavy atom. The first-order chi connectivity index (χ1) is 4.91. The Morgan fingerprint density at radius 1 is 1.27 bits per heavy atom. The van der Waals surface area contributed by atoms with Gasteiger partial charge in [-0.15, -0.1) is 0 Å². The van der Waals surface area contributed by atoms with Crippen LogP contribution in [0, 0.1) is 0 Å². The molecule has 0 unspecified atom stereocenters. The van der Waals surface area contributed by atoms with Gasteiger partial charge >= 0.3 is 6.18 Å². The number of halogens is 3. The topological polar surface area (TPSA) is 26.0 Å². The summed E-state index contributed by atoms with van der Waals surface area (Å²) in [7, 11) is 0. The Hall–Kier alpha value is -0.250. The molecule has 0 aromatic rings. The molecular formula is C7H12F3N. The molecule has 1 aliphatic rings. The van der Waals surface area contributed by atoms with Crippen LogP contribution in [-0.4, -0.2) is 11.7 Å². The molecule has 0 aromatic carbocycles. The molecule has 0 radical (unpaired) electrons. The average molecular weight is 167 g/mol. The fraction of sp³-hybridized carbons (Fsp3) is 1.00. The first kappa shape index (κ1) is 8.84. The molecule has 1 rings (SSSR count). The normalized spacial score (nSPS) is 22.9. The van der Waals surface area contributed by atoms with E-state index >= 15 is 0 Å². The van der Waals surface area contributed by atoms with Crippen LogP contribution in [0.1, 0.15) is 32.1 Å². The molecule has 0 atom stereocenters. The van der Waals surface area contributed by atoms with Crippen LogP contribution in [-0.2, 0) is 0 Å². The van der Waals surface area contributed by atoms with Gasteiger partial charge in [-0.3, -0.25) is 0 Å². The lowest BCUT2D eigenvalue weighted by molar-refractivity contribution is -0.139. The number of hydrogen-bond donors (Lipinski definition) is 1. The van der Waals surface area contributed by atoms with Crippen molar-refractivity contribution in [1.29, 1.82) is 0 Å². The van der Waals surface area contributed by atoms with Crippen molar-refractivity contribution in [3.63, 3.8) is 0 Å². The van der Waals surface area contributed by atoms with E-state index < -0.39 is 18.1 Å². The van der Waals surface area contributed by atoms with Crippen molar-refractivity contribution in [3.05, 3.63) is 0 Å². The molecule has 0 heterocycles. The maximum atomic E-state index is 11.7. The highest BCUT2D eigenvalue weighted by Crippen LogP contribution is 2.36. The lowest BCUT2D eigenvalue weighted by Crippen LogP contribution is -2.47. The fourth-order valence-corrected chi connectivity index (χ4v) is 1.27. The SMILES string of the molecule is NC1(CCC(F)(F)F)CCC1. The van der Waals surface area contributed by atoms with Crippen molar-refractivity contribution >= 4 is 0 Å². The fourth-order valence-electron chi connectivity index (χ4n) is 1.27. The molecule has 2 N–H and O–H groups in total. The van der Waals surface area contributed by atoms with E-state index in [4.69, 9.17) is 5.73 Å². The molecule has 0 amide bonds. The highest BCUT2D eigenvalue weighted by Gasteiger charge is 2.37. The monoisotopic (exact) mass is 167 g/mol. The Bertz CT molecular complexity index is 137. The van der Waals surface area contributed by atoms with E-state index in [0.29, 0.717) is 0 Å². The summed E-state index contributed by atoms with van der Waals surface area (Å²) in [6, 6.07) is 0. The van der Waals surface area contributed by atoms with Gasteiger partial charge in [0.25, 0.3) is 0 Å². The molecule has 66 valence electrons. The molecule has 0 saturated heterocycles. The third kappa shape index (κ3) is 2.69. The van der Waals surface area contributed by atoms with E-state index in [9.17, 15) is 13.2 Å². The zero-order chi connectivity index (χ0) is 8.54. The minimum atomic E-state index is -4.04. The van der Waals surface area contributed by atoms with E-state index in [2.05, 4.69) is 0 Å². The van der Waals surface area contributed by atoms with Gasteiger partial charge in [0.05, 0.1) is 0 Å². The molecular weight excluding hydrogens is 155 g/mol. The smallest absolute Gasteiger partial charge is 0.325 e. The molecule has 1 saturated carbocycles. The molecule has 4 heteroatoms. The first-order valence-electron chi connectivity index (χ1n) is 3.77. The third-order valence-electron chi connectivity index (χ3n) is 2.26. The molecule has 1 fully saturated rings. The van der Waals surface area contributed by atoms with Crippen molar-refractivity contribution in [2.75, 3.05) is 0 Å². The molecule has 0 spiro atoms. The second kappa shape index (κ2) is 2.66. The lowest BCUT2D eigenvalue weighted by atomic mass is 9.74. The lowest BCUT2D eigenvalue weighted by Gasteiger charge is -2.38. The minimum Gasteiger partial charge on any atom is -0.325 e. The Labute approximate surface area is 63.8 Å². The number of hydrogen-bond acceptors (Lipinski definition) is 1. The van der Waals surface area contributed by atoms with Crippen molar-refractivity contribution in [3.8, 4) is 0 Å². The van der Waals surface area contributed by atoms with Crippen LogP contribution in [0.25, 0.3) is 0 Å². The standard InChI is InChI=1S/C7H12F3N/c8-7(9,10)5-4-6(11)2-1-3-6/h1-5,11H2. The van der Waals surface area contributed by atoms with Gasteiger partial charge in [-0.1, -0.05) is 0 Å². The molecule has 11 heavy (non-hydrogen) atoms. The maximum absolute atomic E-state index is 11.7. The van der Waals surface area contributed by atoms with Crippen LogP contribution in [0.5, 0.6) is 0 Å². The molecule has 1 nitrogen and oxygen atoms in total. The van der Waals surface area contributed by atoms with Crippen LogP contribution in [0.2, 0.25) is 0 Å². The van der Waals surface area contributed by atoms with Crippen LogP contribution in [0.3, 0.4) is 0 Å². The van der Waals surface area contributed by atoms with Gasteiger partial charge in [-0.25, -0.2) is 0 Å². The second-order valence-electron chi connectivity index (χ2n) is 3.33. The predicted octanol–water partition coefficient (Wildman–Crippen LogP) is 2.21. The Kier molecular flexibility index (Phi) is 2.14. The highest BCUT2D eigenvalue weighted by atomic mass is 19.4.